The van der Waals surface area contributed by atoms with E-state index in [-0.39, 0.29) is 6.67 Å². The van der Waals surface area contributed by atoms with Gasteiger partial charge < -0.3 is 5.32 Å². The molecule has 4 aromatic rings. The predicted molar refractivity (Wildman–Crippen MR) is 84.4 cm³/mol. The van der Waals surface area contributed by atoms with Crippen LogP contribution in [0.2, 0.25) is 0 Å². The molecule has 0 bridgehead atoms. The zero-order chi connectivity index (χ0) is 13.5. The van der Waals surface area contributed by atoms with Gasteiger partial charge in [-0.1, -0.05) is 48.5 Å². The fourth-order valence-electron chi connectivity index (χ4n) is 3.01. The molecule has 0 amide bonds. The van der Waals surface area contributed by atoms with Gasteiger partial charge in [0.25, 0.3) is 0 Å². The molecule has 0 saturated carbocycles. The molecule has 0 fully saturated rings. The third-order valence-corrected chi connectivity index (χ3v) is 3.86. The molecule has 0 saturated heterocycles. The highest BCUT2D eigenvalue weighted by Crippen LogP contribution is 2.37. The minimum absolute atomic E-state index is 0.0873. The average Bonchev–Trinajstić information content (AvgIpc) is 2.51. The minimum Gasteiger partial charge on any atom is -0.363 e. The normalized spacial score (nSPS) is 11.4. The van der Waals surface area contributed by atoms with Gasteiger partial charge in [-0.2, -0.15) is 0 Å². The number of hydrogen-bond acceptors (Lipinski definition) is 3. The number of nitroso groups, excluding NO2 is 1. The van der Waals surface area contributed by atoms with Crippen LogP contribution in [0.25, 0.3) is 32.3 Å². The van der Waals surface area contributed by atoms with E-state index < -0.39 is 0 Å². The monoisotopic (exact) mass is 260 g/mol. The van der Waals surface area contributed by atoms with Crippen LogP contribution in [0.1, 0.15) is 0 Å². The molecular formula is C17H12N2O. The summed E-state index contributed by atoms with van der Waals surface area (Å²) >= 11 is 0. The number of rotatable bonds is 3. The summed E-state index contributed by atoms with van der Waals surface area (Å²) in [5.41, 5.74) is 0.954. The molecule has 0 aliphatic carbocycles. The van der Waals surface area contributed by atoms with Gasteiger partial charge in [-0.15, -0.1) is 4.91 Å². The van der Waals surface area contributed by atoms with Gasteiger partial charge in [0.2, 0.25) is 0 Å². The maximum atomic E-state index is 10.3. The molecule has 0 radical (unpaired) electrons. The maximum absolute atomic E-state index is 10.3. The third kappa shape index (κ3) is 1.46. The Labute approximate surface area is 115 Å². The zero-order valence-electron chi connectivity index (χ0n) is 10.8. The Balaban J connectivity index is 2.17. The molecule has 96 valence electrons. The molecule has 4 rings (SSSR count). The van der Waals surface area contributed by atoms with E-state index >= 15 is 0 Å². The summed E-state index contributed by atoms with van der Waals surface area (Å²) in [6.45, 7) is 0.0873. The van der Waals surface area contributed by atoms with Crippen molar-refractivity contribution < 1.29 is 0 Å². The van der Waals surface area contributed by atoms with Crippen LogP contribution in [0.15, 0.2) is 59.8 Å². The Hall–Kier alpha value is -2.68. The zero-order valence-corrected chi connectivity index (χ0v) is 10.8. The summed E-state index contributed by atoms with van der Waals surface area (Å²) in [7, 11) is 0. The van der Waals surface area contributed by atoms with Crippen LogP contribution in [0.4, 0.5) is 5.69 Å². The molecule has 0 aromatic heterocycles. The second kappa shape index (κ2) is 4.17. The summed E-state index contributed by atoms with van der Waals surface area (Å²) in [4.78, 5) is 10.3. The molecule has 0 heterocycles. The van der Waals surface area contributed by atoms with E-state index in [1.165, 1.54) is 26.9 Å². The quantitative estimate of drug-likeness (QED) is 0.427. The van der Waals surface area contributed by atoms with Gasteiger partial charge in [0, 0.05) is 11.1 Å². The first-order chi connectivity index (χ1) is 9.88. The molecule has 0 aliphatic heterocycles. The molecule has 0 atom stereocenters. The Bertz CT molecular complexity index is 914. The largest absolute Gasteiger partial charge is 0.363 e. The number of anilines is 1. The predicted octanol–water partition coefficient (Wildman–Crippen LogP) is 4.72. The van der Waals surface area contributed by atoms with E-state index in [1.807, 2.05) is 6.07 Å². The standard InChI is InChI=1S/C17H12N2O/c20-19-10-18-15-9-7-13-5-4-11-2-1-3-12-6-8-14(15)17(13)16(11)12/h1-9,18H,10H2. The van der Waals surface area contributed by atoms with E-state index in [4.69, 9.17) is 0 Å². The first kappa shape index (κ1) is 11.2. The van der Waals surface area contributed by atoms with E-state index in [1.54, 1.807) is 0 Å². The van der Waals surface area contributed by atoms with Crippen LogP contribution in [0.5, 0.6) is 0 Å². The van der Waals surface area contributed by atoms with Crippen molar-refractivity contribution in [1.29, 1.82) is 0 Å². The number of benzene rings is 4. The summed E-state index contributed by atoms with van der Waals surface area (Å²) in [6.07, 6.45) is 0. The van der Waals surface area contributed by atoms with Crippen molar-refractivity contribution in [2.75, 3.05) is 12.0 Å². The fourth-order valence-corrected chi connectivity index (χ4v) is 3.01. The van der Waals surface area contributed by atoms with Crippen molar-refractivity contribution >= 4 is 38.0 Å². The van der Waals surface area contributed by atoms with Gasteiger partial charge in [0.15, 0.2) is 0 Å². The fraction of sp³-hybridized carbons (Fsp3) is 0.0588. The van der Waals surface area contributed by atoms with E-state index in [9.17, 15) is 4.91 Å². The lowest BCUT2D eigenvalue weighted by Crippen LogP contribution is -1.98. The molecular weight excluding hydrogens is 248 g/mol. The second-order valence-corrected chi connectivity index (χ2v) is 4.93. The molecule has 20 heavy (non-hydrogen) atoms. The number of nitrogens with one attached hydrogen (secondary N) is 1. The van der Waals surface area contributed by atoms with Crippen LogP contribution in [-0.4, -0.2) is 6.67 Å². The van der Waals surface area contributed by atoms with E-state index in [2.05, 4.69) is 59.0 Å². The lowest BCUT2D eigenvalue weighted by molar-refractivity contribution is 1.13. The SMILES string of the molecule is O=NCNc1ccc2ccc3cccc4ccc1c2c34. The Kier molecular flexibility index (Phi) is 2.33. The van der Waals surface area contributed by atoms with Crippen molar-refractivity contribution in [3.05, 3.63) is 59.5 Å². The van der Waals surface area contributed by atoms with Gasteiger partial charge >= 0.3 is 0 Å². The summed E-state index contributed by atoms with van der Waals surface area (Å²) < 4.78 is 0. The Morgan fingerprint density at radius 2 is 1.45 bits per heavy atom. The maximum Gasteiger partial charge on any atom is 0.150 e. The molecule has 0 unspecified atom stereocenters. The highest BCUT2D eigenvalue weighted by Gasteiger charge is 2.10. The van der Waals surface area contributed by atoms with Gasteiger partial charge in [-0.05, 0) is 38.2 Å². The second-order valence-electron chi connectivity index (χ2n) is 4.93. The lowest BCUT2D eigenvalue weighted by atomic mass is 9.93. The molecule has 0 aliphatic rings. The van der Waals surface area contributed by atoms with Crippen molar-refractivity contribution in [2.45, 2.75) is 0 Å². The lowest BCUT2D eigenvalue weighted by Gasteiger charge is -2.13. The van der Waals surface area contributed by atoms with E-state index in [0.29, 0.717) is 0 Å². The number of nitrogens with zero attached hydrogens (tertiary/aromatic N) is 1. The first-order valence-corrected chi connectivity index (χ1v) is 6.58. The Morgan fingerprint density at radius 1 is 0.800 bits per heavy atom. The van der Waals surface area contributed by atoms with Gasteiger partial charge in [0.1, 0.15) is 6.67 Å². The van der Waals surface area contributed by atoms with Crippen LogP contribution in [-0.2, 0) is 0 Å². The summed E-state index contributed by atoms with van der Waals surface area (Å²) in [5.74, 6) is 0. The van der Waals surface area contributed by atoms with E-state index in [0.717, 1.165) is 11.1 Å². The first-order valence-electron chi connectivity index (χ1n) is 6.58. The molecule has 0 spiro atoms. The summed E-state index contributed by atoms with van der Waals surface area (Å²) in [6, 6.07) is 19.0. The highest BCUT2D eigenvalue weighted by molar-refractivity contribution is 6.25. The van der Waals surface area contributed by atoms with Gasteiger partial charge in [-0.3, -0.25) is 0 Å². The van der Waals surface area contributed by atoms with Crippen molar-refractivity contribution in [3.63, 3.8) is 0 Å². The topological polar surface area (TPSA) is 41.5 Å². The van der Waals surface area contributed by atoms with Gasteiger partial charge in [0.05, 0.1) is 0 Å². The van der Waals surface area contributed by atoms with Crippen molar-refractivity contribution in [1.82, 2.24) is 0 Å². The third-order valence-electron chi connectivity index (χ3n) is 3.86. The van der Waals surface area contributed by atoms with Crippen molar-refractivity contribution in [3.8, 4) is 0 Å². The van der Waals surface area contributed by atoms with Crippen molar-refractivity contribution in [2.24, 2.45) is 5.18 Å². The molecule has 3 heteroatoms. The molecule has 4 aromatic carbocycles. The molecule has 3 nitrogen and oxygen atoms in total. The molecule has 1 N–H and O–H groups in total. The Morgan fingerprint density at radius 3 is 2.20 bits per heavy atom. The number of hydrogen-bond donors (Lipinski definition) is 1. The van der Waals surface area contributed by atoms with Crippen LogP contribution in [0, 0.1) is 4.91 Å². The minimum atomic E-state index is 0.0873. The van der Waals surface area contributed by atoms with Crippen LogP contribution >= 0.6 is 0 Å². The average molecular weight is 260 g/mol. The summed E-state index contributed by atoms with van der Waals surface area (Å²) in [5, 5.41) is 13.3. The van der Waals surface area contributed by atoms with Crippen LogP contribution < -0.4 is 5.32 Å². The highest BCUT2D eigenvalue weighted by atomic mass is 16.3. The smallest absolute Gasteiger partial charge is 0.150 e. The van der Waals surface area contributed by atoms with Crippen LogP contribution in [0.3, 0.4) is 0 Å². The van der Waals surface area contributed by atoms with Gasteiger partial charge in [-0.25, -0.2) is 0 Å².